The van der Waals surface area contributed by atoms with Crippen molar-refractivity contribution in [3.8, 4) is 5.69 Å². The lowest BCUT2D eigenvalue weighted by atomic mass is 10.1. The normalized spacial score (nSPS) is 14.8. The predicted molar refractivity (Wildman–Crippen MR) is 138 cm³/mol. The fourth-order valence-corrected chi connectivity index (χ4v) is 5.71. The van der Waals surface area contributed by atoms with Crippen LogP contribution in [0.5, 0.6) is 0 Å². The molecule has 0 aliphatic carbocycles. The second-order valence-electron chi connectivity index (χ2n) is 8.42. The van der Waals surface area contributed by atoms with Gasteiger partial charge in [0, 0.05) is 17.4 Å². The van der Waals surface area contributed by atoms with Gasteiger partial charge in [-0.1, -0.05) is 61.9 Å². The molecule has 1 unspecified atom stereocenters. The molecule has 0 bridgehead atoms. The zero-order valence-corrected chi connectivity index (χ0v) is 20.9. The van der Waals surface area contributed by atoms with Gasteiger partial charge in [-0.15, -0.1) is 11.8 Å². The molecular formula is C26H29N3O2S2. The summed E-state index contributed by atoms with van der Waals surface area (Å²) in [6.07, 6.45) is 4.15. The van der Waals surface area contributed by atoms with Gasteiger partial charge in [-0.2, -0.15) is 0 Å². The van der Waals surface area contributed by atoms with Gasteiger partial charge in [0.1, 0.15) is 0 Å². The number of carbonyl (C=O) groups is 1. The number of nitrogens with zero attached hydrogens (tertiary/aromatic N) is 2. The van der Waals surface area contributed by atoms with E-state index in [1.165, 1.54) is 17.3 Å². The summed E-state index contributed by atoms with van der Waals surface area (Å²) in [5.74, 6) is 0.0615. The second-order valence-corrected chi connectivity index (χ2v) is 10.8. The van der Waals surface area contributed by atoms with Crippen LogP contribution in [0.1, 0.15) is 43.5 Å². The highest BCUT2D eigenvalue weighted by Gasteiger charge is 2.27. The first-order chi connectivity index (χ1) is 15.9. The summed E-state index contributed by atoms with van der Waals surface area (Å²) in [6, 6.07) is 15.8. The van der Waals surface area contributed by atoms with Crippen molar-refractivity contribution in [2.45, 2.75) is 61.8 Å². The van der Waals surface area contributed by atoms with Crippen molar-refractivity contribution < 1.29 is 4.79 Å². The maximum Gasteiger partial charge on any atom is 0.272 e. The zero-order chi connectivity index (χ0) is 23.4. The average Bonchev–Trinajstić information content (AvgIpc) is 3.19. The predicted octanol–water partition coefficient (Wildman–Crippen LogP) is 5.65. The molecule has 4 rings (SSSR count). The molecule has 0 saturated carbocycles. The number of nitrogens with one attached hydrogen (secondary N) is 1. The number of benzene rings is 2. The van der Waals surface area contributed by atoms with E-state index in [0.29, 0.717) is 10.4 Å². The van der Waals surface area contributed by atoms with Crippen molar-refractivity contribution in [1.82, 2.24) is 9.55 Å². The fourth-order valence-electron chi connectivity index (χ4n) is 3.78. The van der Waals surface area contributed by atoms with Crippen LogP contribution < -0.4 is 10.9 Å². The van der Waals surface area contributed by atoms with Gasteiger partial charge in [-0.3, -0.25) is 14.2 Å². The van der Waals surface area contributed by atoms with Crippen LogP contribution in [0.4, 0.5) is 5.69 Å². The molecule has 172 valence electrons. The molecule has 1 N–H and O–H groups in total. The Kier molecular flexibility index (Phi) is 7.60. The molecule has 5 nitrogen and oxygen atoms in total. The summed E-state index contributed by atoms with van der Waals surface area (Å²) >= 11 is 2.89. The van der Waals surface area contributed by atoms with Gasteiger partial charge in [-0.25, -0.2) is 4.98 Å². The number of anilines is 1. The molecule has 3 aromatic rings. The lowest BCUT2D eigenvalue weighted by Gasteiger charge is -2.14. The van der Waals surface area contributed by atoms with Crippen molar-refractivity contribution in [2.75, 3.05) is 11.1 Å². The highest BCUT2D eigenvalue weighted by molar-refractivity contribution is 8.00. The Labute approximate surface area is 203 Å². The van der Waals surface area contributed by atoms with Crippen LogP contribution in [-0.4, -0.2) is 26.5 Å². The maximum absolute atomic E-state index is 13.3. The quantitative estimate of drug-likeness (QED) is 0.334. The summed E-state index contributed by atoms with van der Waals surface area (Å²) < 4.78 is 1.64. The van der Waals surface area contributed by atoms with Gasteiger partial charge >= 0.3 is 0 Å². The van der Waals surface area contributed by atoms with Gasteiger partial charge in [0.25, 0.3) is 5.56 Å². The molecular weight excluding hydrogens is 450 g/mol. The van der Waals surface area contributed by atoms with E-state index in [0.717, 1.165) is 53.2 Å². The van der Waals surface area contributed by atoms with Crippen molar-refractivity contribution in [2.24, 2.45) is 0 Å². The Morgan fingerprint density at radius 2 is 1.91 bits per heavy atom. The Balaban J connectivity index is 1.52. The van der Waals surface area contributed by atoms with E-state index in [1.807, 2.05) is 43.3 Å². The van der Waals surface area contributed by atoms with E-state index in [9.17, 15) is 9.59 Å². The van der Waals surface area contributed by atoms with Crippen molar-refractivity contribution in [3.05, 3.63) is 75.7 Å². The zero-order valence-electron chi connectivity index (χ0n) is 19.3. The third-order valence-corrected chi connectivity index (χ3v) is 7.72. The largest absolute Gasteiger partial charge is 0.325 e. The highest BCUT2D eigenvalue weighted by atomic mass is 32.2. The number of amides is 1. The van der Waals surface area contributed by atoms with Crippen LogP contribution >= 0.6 is 23.5 Å². The third-order valence-electron chi connectivity index (χ3n) is 5.56. The topological polar surface area (TPSA) is 64.0 Å². The molecule has 1 aliphatic heterocycles. The number of aromatic nitrogens is 2. The van der Waals surface area contributed by atoms with Crippen LogP contribution in [-0.2, 0) is 17.6 Å². The minimum atomic E-state index is -0.116. The summed E-state index contributed by atoms with van der Waals surface area (Å²) in [6.45, 7) is 6.30. The Bertz CT molecular complexity index is 1190. The van der Waals surface area contributed by atoms with Crippen LogP contribution in [0.2, 0.25) is 0 Å². The van der Waals surface area contributed by atoms with Crippen molar-refractivity contribution in [1.29, 1.82) is 0 Å². The molecule has 1 amide bonds. The third kappa shape index (κ3) is 5.71. The van der Waals surface area contributed by atoms with Crippen molar-refractivity contribution in [3.63, 3.8) is 0 Å². The number of hydrogen-bond donors (Lipinski definition) is 1. The first kappa shape index (κ1) is 23.6. The van der Waals surface area contributed by atoms with Crippen molar-refractivity contribution >= 4 is 35.1 Å². The van der Waals surface area contributed by atoms with Gasteiger partial charge in [0.15, 0.2) is 5.16 Å². The van der Waals surface area contributed by atoms with E-state index < -0.39 is 0 Å². The standard InChI is InChI=1S/C26H29N3O2S2/c1-4-5-6-19-9-11-20(12-10-19)27-23(30)16-32-26-28-22-15-18(3)33-24(22)25(31)29(26)21-13-7-17(2)8-14-21/h7-14,18H,4-6,15-16H2,1-3H3,(H,27,30). The van der Waals surface area contributed by atoms with E-state index >= 15 is 0 Å². The first-order valence-electron chi connectivity index (χ1n) is 11.4. The van der Waals surface area contributed by atoms with Gasteiger partial charge in [0.2, 0.25) is 5.91 Å². The molecule has 0 spiro atoms. The maximum atomic E-state index is 13.3. The Morgan fingerprint density at radius 3 is 2.61 bits per heavy atom. The monoisotopic (exact) mass is 479 g/mol. The molecule has 0 fully saturated rings. The number of carbonyl (C=O) groups excluding carboxylic acids is 1. The first-order valence-corrected chi connectivity index (χ1v) is 13.2. The van der Waals surface area contributed by atoms with Crippen LogP contribution in [0.3, 0.4) is 0 Å². The molecule has 1 aromatic heterocycles. The number of fused-ring (bicyclic) bond motifs is 1. The van der Waals surface area contributed by atoms with E-state index in [4.69, 9.17) is 4.98 Å². The summed E-state index contributed by atoms with van der Waals surface area (Å²) in [5.41, 5.74) is 4.74. The lowest BCUT2D eigenvalue weighted by molar-refractivity contribution is -0.113. The summed E-state index contributed by atoms with van der Waals surface area (Å²) in [7, 11) is 0. The van der Waals surface area contributed by atoms with Crippen LogP contribution in [0.15, 0.2) is 63.4 Å². The molecule has 0 saturated heterocycles. The van der Waals surface area contributed by atoms with Gasteiger partial charge in [0.05, 0.1) is 22.0 Å². The number of hydrogen-bond acceptors (Lipinski definition) is 5. The number of rotatable bonds is 8. The van der Waals surface area contributed by atoms with Crippen LogP contribution in [0.25, 0.3) is 5.69 Å². The summed E-state index contributed by atoms with van der Waals surface area (Å²) in [4.78, 5) is 31.5. The Hall–Kier alpha value is -2.51. The number of unbranched alkanes of at least 4 members (excludes halogenated alkanes) is 1. The summed E-state index contributed by atoms with van der Waals surface area (Å²) in [5, 5.41) is 3.84. The fraction of sp³-hybridized carbons (Fsp3) is 0.346. The molecule has 2 heterocycles. The number of aryl methyl sites for hydroxylation is 2. The highest BCUT2D eigenvalue weighted by Crippen LogP contribution is 2.35. The minimum Gasteiger partial charge on any atom is -0.325 e. The van der Waals surface area contributed by atoms with Gasteiger partial charge in [-0.05, 0) is 49.6 Å². The van der Waals surface area contributed by atoms with Crippen LogP contribution in [0, 0.1) is 6.92 Å². The smallest absolute Gasteiger partial charge is 0.272 e. The molecule has 1 atom stereocenters. The van der Waals surface area contributed by atoms with E-state index in [1.54, 1.807) is 16.3 Å². The van der Waals surface area contributed by atoms with Gasteiger partial charge < -0.3 is 5.32 Å². The SMILES string of the molecule is CCCCc1ccc(NC(=O)CSc2nc3c(c(=O)n2-c2ccc(C)cc2)SC(C)C3)cc1. The van der Waals surface area contributed by atoms with E-state index in [-0.39, 0.29) is 17.2 Å². The Morgan fingerprint density at radius 1 is 1.18 bits per heavy atom. The molecule has 0 radical (unpaired) electrons. The molecule has 7 heteroatoms. The minimum absolute atomic E-state index is 0.0521. The molecule has 2 aromatic carbocycles. The average molecular weight is 480 g/mol. The lowest BCUT2D eigenvalue weighted by Crippen LogP contribution is -2.24. The molecule has 1 aliphatic rings. The second kappa shape index (κ2) is 10.6. The molecule has 33 heavy (non-hydrogen) atoms. The van der Waals surface area contributed by atoms with E-state index in [2.05, 4.69) is 31.3 Å². The number of thioether (sulfide) groups is 2.